The van der Waals surface area contributed by atoms with E-state index < -0.39 is 6.16 Å². The standard InChI is InChI=1S/C12H8ClNO3S/c1-14-9-3-2-6(13)4-7(9)8-5-10(17-12(15)16)18-11(8)14/h2-5H,1H3,(H,15,16). The number of ether oxygens (including phenoxy) is 1. The Balaban J connectivity index is 2.31. The van der Waals surface area contributed by atoms with Gasteiger partial charge >= 0.3 is 6.16 Å². The molecular formula is C12H8ClNO3S. The highest BCUT2D eigenvalue weighted by Crippen LogP contribution is 2.39. The zero-order valence-corrected chi connectivity index (χ0v) is 10.9. The third kappa shape index (κ3) is 1.63. The van der Waals surface area contributed by atoms with Crippen molar-refractivity contribution in [3.8, 4) is 5.06 Å². The summed E-state index contributed by atoms with van der Waals surface area (Å²) >= 11 is 7.29. The maximum absolute atomic E-state index is 10.5. The molecule has 3 aromatic rings. The number of aryl methyl sites for hydroxylation is 1. The predicted molar refractivity (Wildman–Crippen MR) is 72.0 cm³/mol. The Morgan fingerprint density at radius 3 is 2.89 bits per heavy atom. The Morgan fingerprint density at radius 2 is 2.17 bits per heavy atom. The van der Waals surface area contributed by atoms with Crippen LogP contribution in [0.4, 0.5) is 4.79 Å². The van der Waals surface area contributed by atoms with Gasteiger partial charge in [-0.3, -0.25) is 0 Å². The van der Waals surface area contributed by atoms with Crippen LogP contribution in [0, 0.1) is 0 Å². The number of benzene rings is 1. The van der Waals surface area contributed by atoms with Gasteiger partial charge < -0.3 is 14.4 Å². The predicted octanol–water partition coefficient (Wildman–Crippen LogP) is 4.10. The average Bonchev–Trinajstić information content (AvgIpc) is 2.79. The fourth-order valence-electron chi connectivity index (χ4n) is 2.06. The number of halogens is 1. The van der Waals surface area contributed by atoms with Crippen molar-refractivity contribution in [2.24, 2.45) is 7.05 Å². The fraction of sp³-hybridized carbons (Fsp3) is 0.0833. The maximum atomic E-state index is 10.5. The molecule has 0 aliphatic heterocycles. The van der Waals surface area contributed by atoms with E-state index in [1.807, 2.05) is 29.8 Å². The third-order valence-electron chi connectivity index (χ3n) is 2.79. The summed E-state index contributed by atoms with van der Waals surface area (Å²) in [7, 11) is 1.93. The van der Waals surface area contributed by atoms with Gasteiger partial charge in [-0.2, -0.15) is 0 Å². The number of rotatable bonds is 1. The Labute approximate surface area is 111 Å². The zero-order chi connectivity index (χ0) is 12.9. The first-order valence-corrected chi connectivity index (χ1v) is 6.34. The van der Waals surface area contributed by atoms with E-state index in [0.717, 1.165) is 21.1 Å². The first kappa shape index (κ1) is 11.4. The molecule has 2 aromatic heterocycles. The molecule has 0 fully saturated rings. The minimum atomic E-state index is -1.30. The van der Waals surface area contributed by atoms with Crippen LogP contribution in [0.3, 0.4) is 0 Å². The van der Waals surface area contributed by atoms with Gasteiger partial charge in [0.1, 0.15) is 4.83 Å². The Hall–Kier alpha value is -1.72. The van der Waals surface area contributed by atoms with Crippen molar-refractivity contribution in [3.63, 3.8) is 0 Å². The number of fused-ring (bicyclic) bond motifs is 3. The molecule has 0 amide bonds. The average molecular weight is 282 g/mol. The highest BCUT2D eigenvalue weighted by molar-refractivity contribution is 7.20. The summed E-state index contributed by atoms with van der Waals surface area (Å²) < 4.78 is 6.68. The van der Waals surface area contributed by atoms with Crippen LogP contribution < -0.4 is 4.74 Å². The Morgan fingerprint density at radius 1 is 1.39 bits per heavy atom. The molecule has 0 radical (unpaired) electrons. The Kier molecular flexibility index (Phi) is 2.46. The molecule has 18 heavy (non-hydrogen) atoms. The second-order valence-electron chi connectivity index (χ2n) is 3.87. The maximum Gasteiger partial charge on any atom is 0.512 e. The number of thiophene rings is 1. The van der Waals surface area contributed by atoms with Gasteiger partial charge in [0, 0.05) is 34.4 Å². The van der Waals surface area contributed by atoms with Crippen molar-refractivity contribution in [1.29, 1.82) is 0 Å². The van der Waals surface area contributed by atoms with Crippen LogP contribution >= 0.6 is 22.9 Å². The summed E-state index contributed by atoms with van der Waals surface area (Å²) in [6.45, 7) is 0. The van der Waals surface area contributed by atoms with Crippen molar-refractivity contribution in [2.45, 2.75) is 0 Å². The van der Waals surface area contributed by atoms with Crippen molar-refractivity contribution in [3.05, 3.63) is 29.3 Å². The topological polar surface area (TPSA) is 51.5 Å². The van der Waals surface area contributed by atoms with Gasteiger partial charge in [-0.15, -0.1) is 0 Å². The minimum absolute atomic E-state index is 0.366. The smallest absolute Gasteiger partial charge is 0.449 e. The summed E-state index contributed by atoms with van der Waals surface area (Å²) in [5, 5.41) is 11.6. The van der Waals surface area contributed by atoms with Gasteiger partial charge in [0.15, 0.2) is 5.06 Å². The largest absolute Gasteiger partial charge is 0.512 e. The summed E-state index contributed by atoms with van der Waals surface area (Å²) in [4.78, 5) is 11.5. The van der Waals surface area contributed by atoms with E-state index in [2.05, 4.69) is 4.74 Å². The van der Waals surface area contributed by atoms with E-state index in [4.69, 9.17) is 16.7 Å². The van der Waals surface area contributed by atoms with E-state index in [9.17, 15) is 4.79 Å². The van der Waals surface area contributed by atoms with E-state index in [0.29, 0.717) is 10.1 Å². The monoisotopic (exact) mass is 281 g/mol. The minimum Gasteiger partial charge on any atom is -0.449 e. The number of hydrogen-bond acceptors (Lipinski definition) is 3. The second kappa shape index (κ2) is 3.90. The number of hydrogen-bond donors (Lipinski definition) is 1. The van der Waals surface area contributed by atoms with E-state index in [1.54, 1.807) is 6.07 Å². The van der Waals surface area contributed by atoms with Crippen LogP contribution in [0.1, 0.15) is 0 Å². The van der Waals surface area contributed by atoms with E-state index in [1.165, 1.54) is 11.3 Å². The first-order valence-electron chi connectivity index (χ1n) is 5.14. The van der Waals surface area contributed by atoms with Crippen molar-refractivity contribution >= 4 is 50.2 Å². The third-order valence-corrected chi connectivity index (χ3v) is 4.12. The SMILES string of the molecule is Cn1c2ccc(Cl)cc2c2cc(OC(=O)O)sc21. The molecular weight excluding hydrogens is 274 g/mol. The molecule has 0 spiro atoms. The lowest BCUT2D eigenvalue weighted by Gasteiger charge is -1.97. The lowest BCUT2D eigenvalue weighted by Crippen LogP contribution is -2.00. The lowest BCUT2D eigenvalue weighted by atomic mass is 10.2. The highest BCUT2D eigenvalue weighted by atomic mass is 35.5. The summed E-state index contributed by atoms with van der Waals surface area (Å²) in [5.74, 6) is 0. The van der Waals surface area contributed by atoms with E-state index in [-0.39, 0.29) is 0 Å². The molecule has 6 heteroatoms. The van der Waals surface area contributed by atoms with Crippen molar-refractivity contribution in [2.75, 3.05) is 0 Å². The van der Waals surface area contributed by atoms with E-state index >= 15 is 0 Å². The van der Waals surface area contributed by atoms with Crippen LogP contribution in [-0.4, -0.2) is 15.8 Å². The summed E-state index contributed by atoms with van der Waals surface area (Å²) in [6, 6.07) is 7.38. The molecule has 4 nitrogen and oxygen atoms in total. The molecule has 2 heterocycles. The number of aromatic nitrogens is 1. The lowest BCUT2D eigenvalue weighted by molar-refractivity contribution is 0.146. The van der Waals surface area contributed by atoms with Crippen LogP contribution in [0.5, 0.6) is 5.06 Å². The van der Waals surface area contributed by atoms with Crippen LogP contribution in [-0.2, 0) is 7.05 Å². The quantitative estimate of drug-likeness (QED) is 0.683. The van der Waals surface area contributed by atoms with Crippen molar-refractivity contribution in [1.82, 2.24) is 4.57 Å². The molecule has 92 valence electrons. The van der Waals surface area contributed by atoms with Gasteiger partial charge in [0.05, 0.1) is 0 Å². The van der Waals surface area contributed by atoms with Gasteiger partial charge in [-0.1, -0.05) is 22.9 Å². The summed E-state index contributed by atoms with van der Waals surface area (Å²) in [6.07, 6.45) is -1.30. The summed E-state index contributed by atoms with van der Waals surface area (Å²) in [5.41, 5.74) is 1.06. The molecule has 0 saturated heterocycles. The molecule has 3 rings (SSSR count). The molecule has 0 unspecified atom stereocenters. The fourth-order valence-corrected chi connectivity index (χ4v) is 3.23. The Bertz CT molecular complexity index is 774. The molecule has 1 N–H and O–H groups in total. The number of carboxylic acid groups (broad SMARTS) is 1. The molecule has 0 atom stereocenters. The normalized spacial score (nSPS) is 11.2. The molecule has 0 aliphatic carbocycles. The first-order chi connectivity index (χ1) is 8.56. The molecule has 0 bridgehead atoms. The van der Waals surface area contributed by atoms with Gasteiger partial charge in [0.2, 0.25) is 0 Å². The zero-order valence-electron chi connectivity index (χ0n) is 9.31. The highest BCUT2D eigenvalue weighted by Gasteiger charge is 2.14. The van der Waals surface area contributed by atoms with Crippen LogP contribution in [0.2, 0.25) is 5.02 Å². The van der Waals surface area contributed by atoms with Gasteiger partial charge in [-0.25, -0.2) is 4.79 Å². The number of carbonyl (C=O) groups is 1. The van der Waals surface area contributed by atoms with Crippen molar-refractivity contribution < 1.29 is 14.6 Å². The van der Waals surface area contributed by atoms with Crippen LogP contribution in [0.25, 0.3) is 21.1 Å². The second-order valence-corrected chi connectivity index (χ2v) is 5.30. The molecule has 0 saturated carbocycles. The van der Waals surface area contributed by atoms with Crippen LogP contribution in [0.15, 0.2) is 24.3 Å². The van der Waals surface area contributed by atoms with Gasteiger partial charge in [-0.05, 0) is 18.2 Å². The number of nitrogens with zero attached hydrogens (tertiary/aromatic N) is 1. The molecule has 0 aliphatic rings. The molecule has 1 aromatic carbocycles. The van der Waals surface area contributed by atoms with Gasteiger partial charge in [0.25, 0.3) is 0 Å².